The Hall–Kier alpha value is -2.73. The number of carboxylic acid groups (broad SMARTS) is 1. The summed E-state index contributed by atoms with van der Waals surface area (Å²) in [4.78, 5) is 57.0. The third-order valence-electron chi connectivity index (χ3n) is 3.34. The summed E-state index contributed by atoms with van der Waals surface area (Å²) in [5.41, 5.74) is 10.5. The molecule has 0 aromatic rings. The molecule has 4 unspecified atom stereocenters. The van der Waals surface area contributed by atoms with E-state index in [-0.39, 0.29) is 12.8 Å². The number of hydrogen-bond acceptors (Lipinski definition) is 7. The van der Waals surface area contributed by atoms with E-state index in [4.69, 9.17) is 16.6 Å². The van der Waals surface area contributed by atoms with Crippen LogP contribution in [0, 0.1) is 0 Å². The number of nitrogens with one attached hydrogen (secondary N) is 3. The number of carboxylic acids is 1. The van der Waals surface area contributed by atoms with Crippen molar-refractivity contribution in [1.82, 2.24) is 16.0 Å². The van der Waals surface area contributed by atoms with Crippen molar-refractivity contribution in [3.63, 3.8) is 0 Å². The molecule has 148 valence electrons. The van der Waals surface area contributed by atoms with Crippen molar-refractivity contribution in [2.45, 2.75) is 50.9 Å². The molecule has 9 N–H and O–H groups in total. The highest BCUT2D eigenvalue weighted by molar-refractivity contribution is 5.94. The van der Waals surface area contributed by atoms with Gasteiger partial charge in [-0.05, 0) is 20.3 Å². The minimum Gasteiger partial charge on any atom is -0.480 e. The molecule has 0 aromatic heterocycles. The van der Waals surface area contributed by atoms with E-state index in [1.807, 2.05) is 0 Å². The first-order valence-electron chi connectivity index (χ1n) is 7.78. The van der Waals surface area contributed by atoms with E-state index < -0.39 is 60.4 Å². The molecule has 26 heavy (non-hydrogen) atoms. The maximum atomic E-state index is 12.0. The van der Waals surface area contributed by atoms with Gasteiger partial charge in [0.2, 0.25) is 23.6 Å². The fourth-order valence-corrected chi connectivity index (χ4v) is 1.68. The Morgan fingerprint density at radius 3 is 1.92 bits per heavy atom. The zero-order valence-electron chi connectivity index (χ0n) is 14.5. The lowest BCUT2D eigenvalue weighted by atomic mass is 10.1. The predicted molar refractivity (Wildman–Crippen MR) is 88.3 cm³/mol. The Morgan fingerprint density at radius 2 is 1.46 bits per heavy atom. The largest absolute Gasteiger partial charge is 0.480 e. The van der Waals surface area contributed by atoms with Crippen LogP contribution in [-0.4, -0.2) is 70.6 Å². The van der Waals surface area contributed by atoms with Crippen molar-refractivity contribution in [3.8, 4) is 0 Å². The van der Waals surface area contributed by atoms with Gasteiger partial charge in [-0.2, -0.15) is 0 Å². The molecule has 0 fully saturated rings. The Labute approximate surface area is 149 Å². The second-order valence-electron chi connectivity index (χ2n) is 5.65. The van der Waals surface area contributed by atoms with Gasteiger partial charge in [0.25, 0.3) is 0 Å². The first kappa shape index (κ1) is 23.3. The normalized spacial score (nSPS) is 15.1. The van der Waals surface area contributed by atoms with Gasteiger partial charge in [0.1, 0.15) is 18.1 Å². The Morgan fingerprint density at radius 1 is 0.923 bits per heavy atom. The minimum absolute atomic E-state index is 0.00422. The number of hydrogen-bond donors (Lipinski definition) is 7. The van der Waals surface area contributed by atoms with E-state index in [0.717, 1.165) is 0 Å². The van der Waals surface area contributed by atoms with E-state index in [0.29, 0.717) is 0 Å². The van der Waals surface area contributed by atoms with Crippen LogP contribution in [0.1, 0.15) is 26.7 Å². The first-order chi connectivity index (χ1) is 12.0. The molecular weight excluding hydrogens is 350 g/mol. The van der Waals surface area contributed by atoms with Crippen LogP contribution in [0.5, 0.6) is 0 Å². The number of aliphatic hydroxyl groups excluding tert-OH is 1. The molecule has 0 saturated heterocycles. The summed E-state index contributed by atoms with van der Waals surface area (Å²) in [5, 5.41) is 24.5. The fourth-order valence-electron chi connectivity index (χ4n) is 1.68. The molecule has 0 bridgehead atoms. The highest BCUT2D eigenvalue weighted by Gasteiger charge is 2.26. The summed E-state index contributed by atoms with van der Waals surface area (Å²) in [7, 11) is 0. The molecule has 0 aliphatic carbocycles. The first-order valence-corrected chi connectivity index (χ1v) is 7.78. The maximum Gasteiger partial charge on any atom is 0.325 e. The van der Waals surface area contributed by atoms with Crippen molar-refractivity contribution in [1.29, 1.82) is 0 Å². The monoisotopic (exact) mass is 375 g/mol. The van der Waals surface area contributed by atoms with Gasteiger partial charge in [0.15, 0.2) is 0 Å². The highest BCUT2D eigenvalue weighted by atomic mass is 16.4. The van der Waals surface area contributed by atoms with Crippen LogP contribution in [0.2, 0.25) is 0 Å². The summed E-state index contributed by atoms with van der Waals surface area (Å²) in [6.45, 7) is 1.76. The average molecular weight is 375 g/mol. The zero-order chi connectivity index (χ0) is 20.4. The van der Waals surface area contributed by atoms with Gasteiger partial charge in [-0.25, -0.2) is 0 Å². The molecular formula is C14H25N5O7. The molecule has 0 radical (unpaired) electrons. The van der Waals surface area contributed by atoms with Crippen LogP contribution in [0.4, 0.5) is 0 Å². The number of amides is 4. The maximum absolute atomic E-state index is 12.0. The van der Waals surface area contributed by atoms with Gasteiger partial charge in [0.05, 0.1) is 12.6 Å². The third kappa shape index (κ3) is 8.39. The summed E-state index contributed by atoms with van der Waals surface area (Å²) in [5.74, 6) is -4.29. The molecule has 0 rings (SSSR count). The van der Waals surface area contributed by atoms with Crippen LogP contribution < -0.4 is 27.4 Å². The summed E-state index contributed by atoms with van der Waals surface area (Å²) in [6, 6.07) is -4.76. The van der Waals surface area contributed by atoms with Crippen LogP contribution in [0.15, 0.2) is 0 Å². The Kier molecular flexibility index (Phi) is 9.84. The second-order valence-corrected chi connectivity index (χ2v) is 5.65. The molecule has 0 heterocycles. The van der Waals surface area contributed by atoms with Gasteiger partial charge < -0.3 is 37.6 Å². The van der Waals surface area contributed by atoms with Crippen molar-refractivity contribution < 1.29 is 34.2 Å². The number of nitrogens with two attached hydrogens (primary N) is 2. The fraction of sp³-hybridized carbons (Fsp3) is 0.643. The quantitative estimate of drug-likeness (QED) is 0.189. The molecule has 4 atom stereocenters. The Bertz CT molecular complexity index is 554. The average Bonchev–Trinajstić information content (AvgIpc) is 2.56. The SMILES string of the molecule is CC(NC(=O)C(CO)NC(=O)C(C)NC(=O)C(N)CCC(N)=O)C(=O)O. The number of carbonyl (C=O) groups is 5. The van der Waals surface area contributed by atoms with Crippen LogP contribution in [0.3, 0.4) is 0 Å². The topological polar surface area (TPSA) is 214 Å². The van der Waals surface area contributed by atoms with E-state index in [9.17, 15) is 29.1 Å². The van der Waals surface area contributed by atoms with Gasteiger partial charge in [-0.15, -0.1) is 0 Å². The van der Waals surface area contributed by atoms with Gasteiger partial charge in [-0.1, -0.05) is 0 Å². The van der Waals surface area contributed by atoms with E-state index in [1.165, 1.54) is 13.8 Å². The van der Waals surface area contributed by atoms with Crippen molar-refractivity contribution in [2.24, 2.45) is 11.5 Å². The standard InChI is InChI=1S/C14H25N5O7/c1-6(17-12(23)8(15)3-4-10(16)21)11(22)19-9(5-20)13(24)18-7(2)14(25)26/h6-9,20H,3-5,15H2,1-2H3,(H2,16,21)(H,17,23)(H,18,24)(H,19,22)(H,25,26). The number of aliphatic hydroxyl groups is 1. The van der Waals surface area contributed by atoms with Gasteiger partial charge in [0, 0.05) is 6.42 Å². The van der Waals surface area contributed by atoms with E-state index in [2.05, 4.69) is 16.0 Å². The lowest BCUT2D eigenvalue weighted by Gasteiger charge is -2.21. The molecule has 0 aromatic carbocycles. The van der Waals surface area contributed by atoms with Crippen molar-refractivity contribution in [3.05, 3.63) is 0 Å². The van der Waals surface area contributed by atoms with Crippen LogP contribution in [-0.2, 0) is 24.0 Å². The summed E-state index contributed by atoms with van der Waals surface area (Å²) < 4.78 is 0. The highest BCUT2D eigenvalue weighted by Crippen LogP contribution is 1.96. The molecule has 0 spiro atoms. The summed E-state index contributed by atoms with van der Waals surface area (Å²) >= 11 is 0. The predicted octanol–water partition coefficient (Wildman–Crippen LogP) is -3.85. The van der Waals surface area contributed by atoms with Gasteiger partial charge >= 0.3 is 5.97 Å². The lowest BCUT2D eigenvalue weighted by Crippen LogP contribution is -2.57. The molecule has 12 nitrogen and oxygen atoms in total. The molecule has 12 heteroatoms. The number of carbonyl (C=O) groups excluding carboxylic acids is 4. The molecule has 0 saturated carbocycles. The number of primary amides is 1. The number of aliphatic carboxylic acids is 1. The zero-order valence-corrected chi connectivity index (χ0v) is 14.5. The van der Waals surface area contributed by atoms with E-state index >= 15 is 0 Å². The molecule has 0 aliphatic heterocycles. The minimum atomic E-state index is -1.40. The Balaban J connectivity index is 4.61. The lowest BCUT2D eigenvalue weighted by molar-refractivity contribution is -0.142. The van der Waals surface area contributed by atoms with Crippen LogP contribution in [0.25, 0.3) is 0 Å². The second kappa shape index (κ2) is 11.0. The van der Waals surface area contributed by atoms with E-state index in [1.54, 1.807) is 0 Å². The molecule has 0 aliphatic rings. The number of rotatable bonds is 11. The third-order valence-corrected chi connectivity index (χ3v) is 3.34. The summed E-state index contributed by atoms with van der Waals surface area (Å²) in [6.07, 6.45) is -0.0893. The molecule has 4 amide bonds. The smallest absolute Gasteiger partial charge is 0.325 e. The van der Waals surface area contributed by atoms with Crippen LogP contribution >= 0.6 is 0 Å². The van der Waals surface area contributed by atoms with Gasteiger partial charge in [-0.3, -0.25) is 24.0 Å². The van der Waals surface area contributed by atoms with Crippen molar-refractivity contribution >= 4 is 29.6 Å². The van der Waals surface area contributed by atoms with Crippen molar-refractivity contribution in [2.75, 3.05) is 6.61 Å².